The highest BCUT2D eigenvalue weighted by Gasteiger charge is 2.56. The highest BCUT2D eigenvalue weighted by atomic mass is 16.5. The first-order valence-corrected chi connectivity index (χ1v) is 5.86. The van der Waals surface area contributed by atoms with Crippen molar-refractivity contribution in [3.63, 3.8) is 0 Å². The fourth-order valence-corrected chi connectivity index (χ4v) is 3.13. The molecule has 3 nitrogen and oxygen atoms in total. The zero-order valence-electron chi connectivity index (χ0n) is 9.33. The molecule has 0 spiro atoms. The maximum Gasteiger partial charge on any atom is 0.112 e. The Morgan fingerprint density at radius 3 is 2.73 bits per heavy atom. The molecule has 2 rings (SSSR count). The molecule has 1 N–H and O–H groups in total. The minimum absolute atomic E-state index is 0.215. The van der Waals surface area contributed by atoms with Gasteiger partial charge in [-0.05, 0) is 25.2 Å². The van der Waals surface area contributed by atoms with Gasteiger partial charge in [-0.2, -0.15) is 5.26 Å². The van der Waals surface area contributed by atoms with Crippen LogP contribution in [0.15, 0.2) is 0 Å². The maximum absolute atomic E-state index is 10.8. The summed E-state index contributed by atoms with van der Waals surface area (Å²) in [5.74, 6) is 0.215. The molecule has 2 aliphatic rings. The lowest BCUT2D eigenvalue weighted by molar-refractivity contribution is -0.119. The number of hydrogen-bond donors (Lipinski definition) is 1. The Balaban J connectivity index is 2.29. The molecule has 0 radical (unpaired) electrons. The Morgan fingerprint density at radius 1 is 1.40 bits per heavy atom. The van der Waals surface area contributed by atoms with Crippen LogP contribution in [0.4, 0.5) is 0 Å². The molecule has 0 aromatic heterocycles. The largest absolute Gasteiger partial charge is 0.388 e. The topological polar surface area (TPSA) is 53.2 Å². The van der Waals surface area contributed by atoms with E-state index in [0.29, 0.717) is 19.6 Å². The van der Waals surface area contributed by atoms with Crippen molar-refractivity contribution in [2.45, 2.75) is 44.6 Å². The first-order chi connectivity index (χ1) is 7.15. The second-order valence-corrected chi connectivity index (χ2v) is 5.07. The van der Waals surface area contributed by atoms with E-state index in [0.717, 1.165) is 19.3 Å². The van der Waals surface area contributed by atoms with Crippen LogP contribution in [0, 0.1) is 22.7 Å². The molecular weight excluding hydrogens is 190 g/mol. The summed E-state index contributed by atoms with van der Waals surface area (Å²) in [4.78, 5) is 0. The summed E-state index contributed by atoms with van der Waals surface area (Å²) in [6.07, 6.45) is 4.67. The van der Waals surface area contributed by atoms with Gasteiger partial charge in [-0.3, -0.25) is 0 Å². The van der Waals surface area contributed by atoms with Crippen LogP contribution in [0.25, 0.3) is 0 Å². The highest BCUT2D eigenvalue weighted by molar-refractivity contribution is 5.15. The number of aliphatic hydroxyl groups is 1. The van der Waals surface area contributed by atoms with E-state index in [1.807, 2.05) is 0 Å². The molecule has 84 valence electrons. The predicted octanol–water partition coefficient (Wildman–Crippen LogP) is 1.86. The Kier molecular flexibility index (Phi) is 2.74. The van der Waals surface area contributed by atoms with Crippen LogP contribution in [0.2, 0.25) is 0 Å². The summed E-state index contributed by atoms with van der Waals surface area (Å²) in [6.45, 7) is 3.09. The van der Waals surface area contributed by atoms with Crippen LogP contribution >= 0.6 is 0 Å². The summed E-state index contributed by atoms with van der Waals surface area (Å²) in [5.41, 5.74) is -1.47. The summed E-state index contributed by atoms with van der Waals surface area (Å²) < 4.78 is 5.34. The zero-order valence-corrected chi connectivity index (χ0v) is 9.33. The van der Waals surface area contributed by atoms with Gasteiger partial charge in [0.2, 0.25) is 0 Å². The molecule has 2 fully saturated rings. The normalized spacial score (nSPS) is 46.3. The fraction of sp³-hybridized carbons (Fsp3) is 0.917. The molecule has 0 aromatic rings. The Morgan fingerprint density at radius 2 is 2.20 bits per heavy atom. The molecule has 1 heterocycles. The molecule has 0 aromatic carbocycles. The molecule has 1 aliphatic carbocycles. The third kappa shape index (κ3) is 1.47. The van der Waals surface area contributed by atoms with Crippen LogP contribution in [-0.2, 0) is 4.74 Å². The zero-order chi connectivity index (χ0) is 10.9. The minimum Gasteiger partial charge on any atom is -0.388 e. The monoisotopic (exact) mass is 209 g/mol. The van der Waals surface area contributed by atoms with Gasteiger partial charge in [-0.15, -0.1) is 0 Å². The van der Waals surface area contributed by atoms with Crippen LogP contribution in [0.1, 0.15) is 39.0 Å². The third-order valence-electron chi connectivity index (χ3n) is 4.32. The van der Waals surface area contributed by atoms with Crippen molar-refractivity contribution >= 4 is 0 Å². The first kappa shape index (κ1) is 10.9. The van der Waals surface area contributed by atoms with Gasteiger partial charge in [0, 0.05) is 6.61 Å². The van der Waals surface area contributed by atoms with Gasteiger partial charge in [0.1, 0.15) is 5.41 Å². The number of ether oxygens (including phenoxy) is 1. The van der Waals surface area contributed by atoms with E-state index in [2.05, 4.69) is 13.0 Å². The summed E-state index contributed by atoms with van der Waals surface area (Å²) in [6, 6.07) is 2.34. The number of hydrogen-bond acceptors (Lipinski definition) is 3. The molecule has 0 bridgehead atoms. The van der Waals surface area contributed by atoms with Gasteiger partial charge in [0.05, 0.1) is 18.3 Å². The average molecular weight is 209 g/mol. The van der Waals surface area contributed by atoms with Crippen molar-refractivity contribution in [3.05, 3.63) is 0 Å². The van der Waals surface area contributed by atoms with E-state index >= 15 is 0 Å². The molecule has 3 heteroatoms. The summed E-state index contributed by atoms with van der Waals surface area (Å²) in [7, 11) is 0. The van der Waals surface area contributed by atoms with E-state index in [-0.39, 0.29) is 5.92 Å². The van der Waals surface area contributed by atoms with Crippen molar-refractivity contribution in [2.24, 2.45) is 11.3 Å². The highest BCUT2D eigenvalue weighted by Crippen LogP contribution is 2.49. The van der Waals surface area contributed by atoms with E-state index in [1.54, 1.807) is 0 Å². The molecular formula is C12H19NO2. The molecule has 1 saturated heterocycles. The van der Waals surface area contributed by atoms with E-state index in [4.69, 9.17) is 4.74 Å². The maximum atomic E-state index is 10.8. The van der Waals surface area contributed by atoms with Crippen molar-refractivity contribution in [1.82, 2.24) is 0 Å². The molecule has 15 heavy (non-hydrogen) atoms. The Labute approximate surface area is 91.0 Å². The molecule has 1 saturated carbocycles. The second-order valence-electron chi connectivity index (χ2n) is 5.07. The average Bonchev–Trinajstić information content (AvgIpc) is 2.72. The lowest BCUT2D eigenvalue weighted by atomic mass is 9.61. The van der Waals surface area contributed by atoms with Gasteiger partial charge < -0.3 is 9.84 Å². The van der Waals surface area contributed by atoms with Crippen LogP contribution in [0.3, 0.4) is 0 Å². The van der Waals surface area contributed by atoms with E-state index < -0.39 is 11.0 Å². The van der Waals surface area contributed by atoms with Crippen molar-refractivity contribution in [3.8, 4) is 6.07 Å². The number of rotatable bonds is 1. The number of nitrogens with zero attached hydrogens (tertiary/aromatic N) is 1. The quantitative estimate of drug-likeness (QED) is 0.717. The SMILES string of the molecule is CC1CCCCC1(O)C1(C#N)CCOC1. The molecule has 3 unspecified atom stereocenters. The lowest BCUT2D eigenvalue weighted by Gasteiger charge is -2.46. The van der Waals surface area contributed by atoms with Gasteiger partial charge >= 0.3 is 0 Å². The van der Waals surface area contributed by atoms with Crippen molar-refractivity contribution in [1.29, 1.82) is 5.26 Å². The first-order valence-electron chi connectivity index (χ1n) is 5.86. The minimum atomic E-state index is -0.823. The van der Waals surface area contributed by atoms with Crippen molar-refractivity contribution in [2.75, 3.05) is 13.2 Å². The van der Waals surface area contributed by atoms with Gasteiger partial charge in [0.15, 0.2) is 0 Å². The van der Waals surface area contributed by atoms with Crippen LogP contribution in [-0.4, -0.2) is 23.9 Å². The molecule has 1 aliphatic heterocycles. The van der Waals surface area contributed by atoms with Crippen LogP contribution < -0.4 is 0 Å². The molecule has 0 amide bonds. The lowest BCUT2D eigenvalue weighted by Crippen LogP contribution is -2.54. The van der Waals surface area contributed by atoms with Crippen molar-refractivity contribution < 1.29 is 9.84 Å². The summed E-state index contributed by atoms with van der Waals surface area (Å²) >= 11 is 0. The van der Waals surface area contributed by atoms with Crippen LogP contribution in [0.5, 0.6) is 0 Å². The second kappa shape index (κ2) is 3.77. The Hall–Kier alpha value is -0.590. The van der Waals surface area contributed by atoms with E-state index in [1.165, 1.54) is 6.42 Å². The predicted molar refractivity (Wildman–Crippen MR) is 56.1 cm³/mol. The van der Waals surface area contributed by atoms with Gasteiger partial charge in [0.25, 0.3) is 0 Å². The van der Waals surface area contributed by atoms with E-state index in [9.17, 15) is 10.4 Å². The standard InChI is InChI=1S/C12H19NO2/c1-10-4-2-3-5-12(10,14)11(8-13)6-7-15-9-11/h10,14H,2-7,9H2,1H3. The third-order valence-corrected chi connectivity index (χ3v) is 4.32. The Bertz CT molecular complexity index is 278. The van der Waals surface area contributed by atoms with Gasteiger partial charge in [-0.1, -0.05) is 19.8 Å². The summed E-state index contributed by atoms with van der Waals surface area (Å²) in [5, 5.41) is 20.1. The molecule has 3 atom stereocenters. The number of nitriles is 1. The fourth-order valence-electron chi connectivity index (χ4n) is 3.13. The van der Waals surface area contributed by atoms with Gasteiger partial charge in [-0.25, -0.2) is 0 Å². The smallest absolute Gasteiger partial charge is 0.112 e.